The summed E-state index contributed by atoms with van der Waals surface area (Å²) in [6, 6.07) is 12.3. The van der Waals surface area contributed by atoms with Gasteiger partial charge in [0.2, 0.25) is 0 Å². The Hall–Kier alpha value is -3.06. The summed E-state index contributed by atoms with van der Waals surface area (Å²) >= 11 is 0. The molecule has 0 radical (unpaired) electrons. The summed E-state index contributed by atoms with van der Waals surface area (Å²) in [5.74, 6) is 0.495. The minimum atomic E-state index is -0.341. The van der Waals surface area contributed by atoms with Crippen LogP contribution in [0.4, 0.5) is 10.2 Å². The summed E-state index contributed by atoms with van der Waals surface area (Å²) in [6.45, 7) is 7.48. The SMILES string of the molecule is CC(C)n1cc(CCN2CCC(N(C)c3cccc(CC(=O)c4ccc(F)cc4)n3)CC2)cn1. The van der Waals surface area contributed by atoms with Gasteiger partial charge in [0, 0.05) is 50.5 Å². The number of anilines is 1. The summed E-state index contributed by atoms with van der Waals surface area (Å²) in [5, 5.41) is 4.44. The van der Waals surface area contributed by atoms with Crippen LogP contribution >= 0.6 is 0 Å². The molecule has 180 valence electrons. The van der Waals surface area contributed by atoms with Crippen molar-refractivity contribution >= 4 is 11.6 Å². The van der Waals surface area contributed by atoms with Crippen molar-refractivity contribution < 1.29 is 9.18 Å². The van der Waals surface area contributed by atoms with E-state index in [1.807, 2.05) is 29.1 Å². The van der Waals surface area contributed by atoms with Gasteiger partial charge in [-0.15, -0.1) is 0 Å². The molecule has 3 aromatic rings. The first-order chi connectivity index (χ1) is 16.4. The highest BCUT2D eigenvalue weighted by Gasteiger charge is 2.23. The van der Waals surface area contributed by atoms with Crippen LogP contribution in [0, 0.1) is 5.82 Å². The molecule has 0 saturated carbocycles. The van der Waals surface area contributed by atoms with Crippen molar-refractivity contribution in [1.82, 2.24) is 19.7 Å². The molecule has 1 aromatic carbocycles. The summed E-state index contributed by atoms with van der Waals surface area (Å²) in [5.41, 5.74) is 2.54. The number of likely N-dealkylation sites (tertiary alicyclic amines) is 1. The third-order valence-electron chi connectivity index (χ3n) is 6.67. The summed E-state index contributed by atoms with van der Waals surface area (Å²) < 4.78 is 15.2. The third kappa shape index (κ3) is 6.08. The average Bonchev–Trinajstić information content (AvgIpc) is 3.33. The van der Waals surface area contributed by atoms with Crippen LogP contribution in [0.5, 0.6) is 0 Å². The first-order valence-electron chi connectivity index (χ1n) is 12.1. The molecule has 0 bridgehead atoms. The lowest BCUT2D eigenvalue weighted by Crippen LogP contribution is -2.44. The maximum absolute atomic E-state index is 13.1. The number of piperidine rings is 1. The van der Waals surface area contributed by atoms with Gasteiger partial charge in [-0.25, -0.2) is 9.37 Å². The second-order valence-electron chi connectivity index (χ2n) is 9.45. The number of nitrogens with zero attached hydrogens (tertiary/aromatic N) is 5. The quantitative estimate of drug-likeness (QED) is 0.435. The van der Waals surface area contributed by atoms with Gasteiger partial charge in [0.05, 0.1) is 18.3 Å². The molecule has 6 nitrogen and oxygen atoms in total. The van der Waals surface area contributed by atoms with Crippen molar-refractivity contribution in [2.45, 2.75) is 51.6 Å². The lowest BCUT2D eigenvalue weighted by molar-refractivity contribution is 0.0992. The molecule has 0 N–H and O–H groups in total. The number of aromatic nitrogens is 3. The standard InChI is InChI=1S/C27H34FN5O/c1-20(2)33-19-21(18-29-33)11-14-32-15-12-25(13-16-32)31(3)27-6-4-5-24(30-27)17-26(34)22-7-9-23(28)10-8-22/h4-10,18-20,25H,11-17H2,1-3H3. The minimum absolute atomic E-state index is 0.0560. The fraction of sp³-hybridized carbons (Fsp3) is 0.444. The molecule has 1 saturated heterocycles. The fourth-order valence-electron chi connectivity index (χ4n) is 4.46. The number of Topliss-reactive ketones (excluding diaryl/α,β-unsaturated/α-hetero) is 1. The van der Waals surface area contributed by atoms with Gasteiger partial charge in [-0.3, -0.25) is 9.48 Å². The number of carbonyl (C=O) groups is 1. The molecule has 0 aliphatic carbocycles. The van der Waals surface area contributed by atoms with E-state index < -0.39 is 0 Å². The Morgan fingerprint density at radius 2 is 1.88 bits per heavy atom. The number of halogens is 1. The number of benzene rings is 1. The second kappa shape index (κ2) is 10.9. The molecule has 7 heteroatoms. The Kier molecular flexibility index (Phi) is 7.73. The number of ketones is 1. The van der Waals surface area contributed by atoms with Crippen molar-refractivity contribution in [3.05, 3.63) is 77.5 Å². The van der Waals surface area contributed by atoms with Crippen LogP contribution in [0.15, 0.2) is 54.9 Å². The maximum Gasteiger partial charge on any atom is 0.168 e. The number of hydrogen-bond acceptors (Lipinski definition) is 5. The van der Waals surface area contributed by atoms with E-state index in [-0.39, 0.29) is 18.0 Å². The first kappa shape index (κ1) is 24.1. The molecule has 1 aliphatic heterocycles. The molecule has 0 spiro atoms. The minimum Gasteiger partial charge on any atom is -0.357 e. The van der Waals surface area contributed by atoms with E-state index in [4.69, 9.17) is 4.98 Å². The van der Waals surface area contributed by atoms with Crippen LogP contribution in [0.2, 0.25) is 0 Å². The Morgan fingerprint density at radius 1 is 1.15 bits per heavy atom. The normalized spacial score (nSPS) is 15.1. The molecular weight excluding hydrogens is 429 g/mol. The first-order valence-corrected chi connectivity index (χ1v) is 12.1. The third-order valence-corrected chi connectivity index (χ3v) is 6.67. The van der Waals surface area contributed by atoms with Gasteiger partial charge in [-0.05, 0) is 75.1 Å². The molecule has 2 aromatic heterocycles. The van der Waals surface area contributed by atoms with E-state index in [1.54, 1.807) is 0 Å². The molecule has 1 aliphatic rings. The van der Waals surface area contributed by atoms with Gasteiger partial charge in [0.1, 0.15) is 11.6 Å². The summed E-state index contributed by atoms with van der Waals surface area (Å²) in [6.07, 6.45) is 7.55. The van der Waals surface area contributed by atoms with E-state index in [0.29, 0.717) is 17.6 Å². The van der Waals surface area contributed by atoms with Crippen LogP contribution < -0.4 is 4.90 Å². The highest BCUT2D eigenvalue weighted by Crippen LogP contribution is 2.22. The Balaban J connectivity index is 1.28. The van der Waals surface area contributed by atoms with Crippen LogP contribution in [-0.2, 0) is 12.8 Å². The van der Waals surface area contributed by atoms with Gasteiger partial charge in [-0.1, -0.05) is 6.07 Å². The van der Waals surface area contributed by atoms with Crippen molar-refractivity contribution in [1.29, 1.82) is 0 Å². The van der Waals surface area contributed by atoms with Crippen LogP contribution in [0.3, 0.4) is 0 Å². The molecule has 4 rings (SSSR count). The maximum atomic E-state index is 13.1. The zero-order valence-corrected chi connectivity index (χ0v) is 20.3. The van der Waals surface area contributed by atoms with Crippen molar-refractivity contribution in [3.8, 4) is 0 Å². The topological polar surface area (TPSA) is 54.3 Å². The number of carbonyl (C=O) groups excluding carboxylic acids is 1. The lowest BCUT2D eigenvalue weighted by atomic mass is 10.0. The van der Waals surface area contributed by atoms with Gasteiger partial charge < -0.3 is 9.80 Å². The second-order valence-corrected chi connectivity index (χ2v) is 9.45. The molecule has 0 amide bonds. The Morgan fingerprint density at radius 3 is 2.56 bits per heavy atom. The summed E-state index contributed by atoms with van der Waals surface area (Å²) in [7, 11) is 2.09. The fourth-order valence-corrected chi connectivity index (χ4v) is 4.46. The predicted octanol–water partition coefficient (Wildman–Crippen LogP) is 4.57. The predicted molar refractivity (Wildman–Crippen MR) is 133 cm³/mol. The van der Waals surface area contributed by atoms with E-state index in [9.17, 15) is 9.18 Å². The lowest BCUT2D eigenvalue weighted by Gasteiger charge is -2.37. The summed E-state index contributed by atoms with van der Waals surface area (Å²) in [4.78, 5) is 22.1. The zero-order chi connectivity index (χ0) is 24.1. The molecule has 3 heterocycles. The van der Waals surface area contributed by atoms with E-state index in [0.717, 1.165) is 50.4 Å². The largest absolute Gasteiger partial charge is 0.357 e. The molecular formula is C27H34FN5O. The van der Waals surface area contributed by atoms with Gasteiger partial charge in [0.25, 0.3) is 0 Å². The molecule has 0 atom stereocenters. The number of pyridine rings is 1. The van der Waals surface area contributed by atoms with Crippen LogP contribution in [0.25, 0.3) is 0 Å². The molecule has 0 unspecified atom stereocenters. The van der Waals surface area contributed by atoms with E-state index >= 15 is 0 Å². The van der Waals surface area contributed by atoms with Crippen molar-refractivity contribution in [2.75, 3.05) is 31.6 Å². The molecule has 34 heavy (non-hydrogen) atoms. The zero-order valence-electron chi connectivity index (χ0n) is 20.3. The smallest absolute Gasteiger partial charge is 0.168 e. The van der Waals surface area contributed by atoms with Crippen LogP contribution in [-0.4, -0.2) is 58.2 Å². The van der Waals surface area contributed by atoms with Crippen molar-refractivity contribution in [3.63, 3.8) is 0 Å². The van der Waals surface area contributed by atoms with E-state index in [2.05, 4.69) is 42.0 Å². The number of rotatable bonds is 9. The average molecular weight is 464 g/mol. The van der Waals surface area contributed by atoms with Gasteiger partial charge in [0.15, 0.2) is 5.78 Å². The van der Waals surface area contributed by atoms with E-state index in [1.165, 1.54) is 29.8 Å². The Bertz CT molecular complexity index is 1090. The monoisotopic (exact) mass is 463 g/mol. The highest BCUT2D eigenvalue weighted by molar-refractivity contribution is 5.97. The van der Waals surface area contributed by atoms with Gasteiger partial charge >= 0.3 is 0 Å². The van der Waals surface area contributed by atoms with Gasteiger partial charge in [-0.2, -0.15) is 5.10 Å². The van der Waals surface area contributed by atoms with Crippen molar-refractivity contribution in [2.24, 2.45) is 0 Å². The van der Waals surface area contributed by atoms with Crippen LogP contribution in [0.1, 0.15) is 54.3 Å². The Labute approximate surface area is 201 Å². The number of hydrogen-bond donors (Lipinski definition) is 0. The molecule has 1 fully saturated rings. The highest BCUT2D eigenvalue weighted by atomic mass is 19.1.